The maximum atomic E-state index is 12.7. The molecule has 2 heterocycles. The second kappa shape index (κ2) is 19.7. The van der Waals surface area contributed by atoms with Crippen LogP contribution in [-0.2, 0) is 40.5 Å². The van der Waals surface area contributed by atoms with E-state index in [0.29, 0.717) is 11.4 Å². The van der Waals surface area contributed by atoms with E-state index in [0.717, 1.165) is 36.4 Å². The van der Waals surface area contributed by atoms with Crippen LogP contribution in [0.15, 0.2) is 130 Å². The van der Waals surface area contributed by atoms with Crippen molar-refractivity contribution in [1.29, 1.82) is 0 Å². The summed E-state index contributed by atoms with van der Waals surface area (Å²) in [5.74, 6) is -0.250. The number of anilines is 10. The molecule has 0 bridgehead atoms. The van der Waals surface area contributed by atoms with Crippen molar-refractivity contribution in [1.82, 2.24) is 29.9 Å². The van der Waals surface area contributed by atoms with Gasteiger partial charge in [-0.05, 0) is 83.9 Å². The monoisotopic (exact) mass is 980 g/mol. The third-order valence-electron chi connectivity index (χ3n) is 8.43. The fraction of sp³-hybridized carbons (Fsp3) is 0.0526. The lowest BCUT2D eigenvalue weighted by Crippen LogP contribution is -2.10. The lowest BCUT2D eigenvalue weighted by molar-refractivity contribution is 0.480. The molecule has 0 spiro atoms. The van der Waals surface area contributed by atoms with Crippen LogP contribution in [0.2, 0.25) is 0 Å². The molecule has 0 aliphatic heterocycles. The Kier molecular flexibility index (Phi) is 14.4. The van der Waals surface area contributed by atoms with Gasteiger partial charge in [0.15, 0.2) is 0 Å². The predicted octanol–water partition coefficient (Wildman–Crippen LogP) is 5.38. The van der Waals surface area contributed by atoms with Crippen molar-refractivity contribution in [3.05, 3.63) is 121 Å². The summed E-state index contributed by atoms with van der Waals surface area (Å²) in [6.07, 6.45) is 5.43. The number of hydrogen-bond acceptors (Lipinski definition) is 20. The Bertz CT molecular complexity index is 3090. The quantitative estimate of drug-likeness (QED) is 0.0260. The second-order valence-corrected chi connectivity index (χ2v) is 18.9. The Labute approximate surface area is 377 Å². The number of aromatic nitrogens is 6. The Morgan fingerprint density at radius 1 is 0.409 bits per heavy atom. The summed E-state index contributed by atoms with van der Waals surface area (Å²) in [6.45, 7) is 7.72. The fourth-order valence-corrected chi connectivity index (χ4v) is 7.90. The van der Waals surface area contributed by atoms with Gasteiger partial charge in [0.05, 0.1) is 9.79 Å². The Morgan fingerprint density at radius 2 is 0.697 bits per heavy atom. The standard InChI is InChI=1S/C38H36N12O12S4/c1-3-19-39-33-45-35(41-25-11-15-29(16-12-25)63(51,52)53)49-37(47-33)43-27-9-7-23(31(21-27)65(57,58)59)5-6-24-8-10-28(22-32(24)66(60,61)62)44-38-48-34(40-20-4-2)46-36(50-38)42-26-13-17-30(18-14-26)64(54,55)56/h3-18,21-22H,1-2,19-20H2,(H,51,52,53)(H,54,55,56)(H,57,58,59)(H,60,61,62)(H3,39,41,43,45,47,49)(H3,40,42,44,46,48,50)/b6-5+. The van der Waals surface area contributed by atoms with Gasteiger partial charge in [-0.25, -0.2) is 0 Å². The van der Waals surface area contributed by atoms with Gasteiger partial charge in [0.2, 0.25) is 35.7 Å². The molecule has 0 aliphatic rings. The van der Waals surface area contributed by atoms with Gasteiger partial charge >= 0.3 is 0 Å². The average molecular weight is 981 g/mol. The van der Waals surface area contributed by atoms with Gasteiger partial charge in [-0.3, -0.25) is 18.2 Å². The molecule has 4 aromatic carbocycles. The van der Waals surface area contributed by atoms with Crippen molar-refractivity contribution in [2.45, 2.75) is 19.6 Å². The SMILES string of the molecule is C=CCNc1nc(Nc2ccc(S(=O)(=O)O)cc2)nc(Nc2ccc(/C=C/c3ccc(Nc4nc(NCC=C)nc(Nc5ccc(S(=O)(=O)O)cc5)n4)cc3S(=O)(=O)O)c(S(=O)(=O)O)c2)n1. The summed E-state index contributed by atoms with van der Waals surface area (Å²) in [5, 5.41) is 17.2. The molecule has 28 heteroatoms. The van der Waals surface area contributed by atoms with Crippen molar-refractivity contribution in [2.24, 2.45) is 0 Å². The molecule has 0 radical (unpaired) electrons. The zero-order valence-electron chi connectivity index (χ0n) is 33.6. The summed E-state index contributed by atoms with van der Waals surface area (Å²) in [5.41, 5.74) is 0.560. The second-order valence-electron chi connectivity index (χ2n) is 13.2. The van der Waals surface area contributed by atoms with Gasteiger partial charge in [-0.2, -0.15) is 63.6 Å². The first-order chi connectivity index (χ1) is 31.1. The minimum Gasteiger partial charge on any atom is -0.351 e. The van der Waals surface area contributed by atoms with E-state index in [2.05, 4.69) is 75.0 Å². The molecule has 24 nitrogen and oxygen atoms in total. The van der Waals surface area contributed by atoms with E-state index in [4.69, 9.17) is 0 Å². The Morgan fingerprint density at radius 3 is 0.985 bits per heavy atom. The Hall–Kier alpha value is -7.44. The lowest BCUT2D eigenvalue weighted by Gasteiger charge is -2.13. The molecule has 0 saturated heterocycles. The average Bonchev–Trinajstić information content (AvgIpc) is 3.23. The van der Waals surface area contributed by atoms with Crippen molar-refractivity contribution in [3.63, 3.8) is 0 Å². The minimum absolute atomic E-state index is 0.0411. The smallest absolute Gasteiger partial charge is 0.295 e. The summed E-state index contributed by atoms with van der Waals surface area (Å²) >= 11 is 0. The Balaban J connectivity index is 1.26. The largest absolute Gasteiger partial charge is 0.351 e. The van der Waals surface area contributed by atoms with E-state index in [1.807, 2.05) is 0 Å². The van der Waals surface area contributed by atoms with Crippen LogP contribution in [0.3, 0.4) is 0 Å². The van der Waals surface area contributed by atoms with E-state index in [1.165, 1.54) is 72.8 Å². The van der Waals surface area contributed by atoms with E-state index in [-0.39, 0.29) is 81.1 Å². The fourth-order valence-electron chi connectivity index (χ4n) is 5.52. The van der Waals surface area contributed by atoms with Crippen molar-refractivity contribution >= 4 is 111 Å². The summed E-state index contributed by atoms with van der Waals surface area (Å²) < 4.78 is 135. The molecule has 0 saturated carbocycles. The van der Waals surface area contributed by atoms with Gasteiger partial charge < -0.3 is 31.9 Å². The maximum absolute atomic E-state index is 12.7. The van der Waals surface area contributed by atoms with Gasteiger partial charge in [-0.1, -0.05) is 36.4 Å². The van der Waals surface area contributed by atoms with Crippen LogP contribution in [-0.4, -0.2) is 94.9 Å². The zero-order valence-corrected chi connectivity index (χ0v) is 36.9. The van der Waals surface area contributed by atoms with Gasteiger partial charge in [0, 0.05) is 35.8 Å². The molecule has 6 aromatic rings. The first-order valence-electron chi connectivity index (χ1n) is 18.4. The molecule has 6 rings (SSSR count). The number of rotatable bonds is 20. The third-order valence-corrected chi connectivity index (χ3v) is 12.0. The molecule has 0 fully saturated rings. The van der Waals surface area contributed by atoms with E-state index < -0.39 is 50.3 Å². The highest BCUT2D eigenvalue weighted by Crippen LogP contribution is 2.29. The van der Waals surface area contributed by atoms with Crippen LogP contribution in [0.4, 0.5) is 58.4 Å². The van der Waals surface area contributed by atoms with Gasteiger partial charge in [0.25, 0.3) is 40.5 Å². The highest BCUT2D eigenvalue weighted by molar-refractivity contribution is 7.86. The first kappa shape index (κ1) is 48.0. The summed E-state index contributed by atoms with van der Waals surface area (Å²) in [7, 11) is -18.8. The van der Waals surface area contributed by atoms with Crippen LogP contribution < -0.4 is 31.9 Å². The van der Waals surface area contributed by atoms with Crippen LogP contribution in [0.25, 0.3) is 12.2 Å². The summed E-state index contributed by atoms with van der Waals surface area (Å²) in [4.78, 5) is 23.6. The number of nitrogens with zero attached hydrogens (tertiary/aromatic N) is 6. The maximum Gasteiger partial charge on any atom is 0.295 e. The van der Waals surface area contributed by atoms with Crippen LogP contribution in [0.1, 0.15) is 11.1 Å². The molecular formula is C38H36N12O12S4. The molecule has 0 amide bonds. The number of hydrogen-bond donors (Lipinski definition) is 10. The summed E-state index contributed by atoms with van der Waals surface area (Å²) in [6, 6.07) is 17.5. The topological polar surface area (TPSA) is 367 Å². The number of benzene rings is 4. The van der Waals surface area contributed by atoms with Crippen molar-refractivity contribution in [2.75, 3.05) is 45.0 Å². The molecule has 10 N–H and O–H groups in total. The van der Waals surface area contributed by atoms with Crippen molar-refractivity contribution in [3.8, 4) is 0 Å². The third kappa shape index (κ3) is 13.1. The molecule has 66 heavy (non-hydrogen) atoms. The highest BCUT2D eigenvalue weighted by atomic mass is 32.2. The van der Waals surface area contributed by atoms with Gasteiger partial charge in [-0.15, -0.1) is 13.2 Å². The normalized spacial score (nSPS) is 12.0. The highest BCUT2D eigenvalue weighted by Gasteiger charge is 2.20. The molecule has 0 atom stereocenters. The minimum atomic E-state index is -4.94. The van der Waals surface area contributed by atoms with Gasteiger partial charge in [0.1, 0.15) is 9.79 Å². The van der Waals surface area contributed by atoms with E-state index in [9.17, 15) is 51.9 Å². The molecule has 0 aliphatic carbocycles. The molecule has 2 aromatic heterocycles. The van der Waals surface area contributed by atoms with Crippen LogP contribution >= 0.6 is 0 Å². The van der Waals surface area contributed by atoms with Crippen molar-refractivity contribution < 1.29 is 51.9 Å². The molecular weight excluding hydrogens is 945 g/mol. The first-order valence-corrected chi connectivity index (χ1v) is 24.2. The van der Waals surface area contributed by atoms with Crippen LogP contribution in [0, 0.1) is 0 Å². The van der Waals surface area contributed by atoms with Crippen LogP contribution in [0.5, 0.6) is 0 Å². The van der Waals surface area contributed by atoms with E-state index >= 15 is 0 Å². The predicted molar refractivity (Wildman–Crippen MR) is 244 cm³/mol. The molecule has 0 unspecified atom stereocenters. The molecule has 344 valence electrons. The zero-order chi connectivity index (χ0) is 47.9. The number of nitrogens with one attached hydrogen (secondary N) is 6. The lowest BCUT2D eigenvalue weighted by atomic mass is 10.1. The van der Waals surface area contributed by atoms with E-state index in [1.54, 1.807) is 0 Å².